The SMILES string of the molecule is CCCCCCCCCCCCCCCC1(O)CC2COCC(C1)N2C. The van der Waals surface area contributed by atoms with Gasteiger partial charge in [-0.15, -0.1) is 0 Å². The van der Waals surface area contributed by atoms with Crippen molar-refractivity contribution in [1.29, 1.82) is 0 Å². The summed E-state index contributed by atoms with van der Waals surface area (Å²) in [5, 5.41) is 11.0. The van der Waals surface area contributed by atoms with Gasteiger partial charge in [-0.1, -0.05) is 90.4 Å². The number of hydrogen-bond acceptors (Lipinski definition) is 3. The van der Waals surface area contributed by atoms with Crippen LogP contribution in [0, 0.1) is 0 Å². The summed E-state index contributed by atoms with van der Waals surface area (Å²) in [6, 6.07) is 0.851. The molecule has 2 aliphatic heterocycles. The minimum absolute atomic E-state index is 0.425. The molecule has 154 valence electrons. The fraction of sp³-hybridized carbons (Fsp3) is 1.00. The van der Waals surface area contributed by atoms with Crippen molar-refractivity contribution >= 4 is 0 Å². The van der Waals surface area contributed by atoms with Crippen LogP contribution in [0.4, 0.5) is 0 Å². The van der Waals surface area contributed by atoms with Crippen molar-refractivity contribution in [2.24, 2.45) is 0 Å². The van der Waals surface area contributed by atoms with E-state index in [1.54, 1.807) is 0 Å². The summed E-state index contributed by atoms with van der Waals surface area (Å²) in [6.07, 6.45) is 20.8. The van der Waals surface area contributed by atoms with Gasteiger partial charge in [0.2, 0.25) is 0 Å². The first kappa shape index (κ1) is 22.2. The van der Waals surface area contributed by atoms with Gasteiger partial charge in [0.1, 0.15) is 0 Å². The van der Waals surface area contributed by atoms with Crippen molar-refractivity contribution in [3.8, 4) is 0 Å². The average molecular weight is 368 g/mol. The molecular formula is C23H45NO2. The lowest BCUT2D eigenvalue weighted by Gasteiger charge is -2.50. The maximum absolute atomic E-state index is 11.0. The van der Waals surface area contributed by atoms with E-state index in [1.165, 1.54) is 83.5 Å². The standard InChI is InChI=1S/C23H45NO2/c1-3-4-5-6-7-8-9-10-11-12-13-14-15-16-23(25)17-21-19-26-20-22(18-23)24(21)2/h21-22,25H,3-20H2,1-2H3. The van der Waals surface area contributed by atoms with Gasteiger partial charge in [-0.05, 0) is 26.3 Å². The molecule has 0 aliphatic carbocycles. The Hall–Kier alpha value is -0.120. The highest BCUT2D eigenvalue weighted by Gasteiger charge is 2.43. The van der Waals surface area contributed by atoms with E-state index in [1.807, 2.05) is 0 Å². The topological polar surface area (TPSA) is 32.7 Å². The van der Waals surface area contributed by atoms with Crippen LogP contribution < -0.4 is 0 Å². The third-order valence-electron chi connectivity index (χ3n) is 6.75. The van der Waals surface area contributed by atoms with Crippen LogP contribution >= 0.6 is 0 Å². The third kappa shape index (κ3) is 7.86. The Labute approximate surface area is 162 Å². The van der Waals surface area contributed by atoms with Gasteiger partial charge in [0.15, 0.2) is 0 Å². The smallest absolute Gasteiger partial charge is 0.0679 e. The van der Waals surface area contributed by atoms with Crippen molar-refractivity contribution in [2.45, 2.75) is 127 Å². The van der Waals surface area contributed by atoms with Gasteiger partial charge in [-0.3, -0.25) is 4.90 Å². The molecule has 1 N–H and O–H groups in total. The van der Waals surface area contributed by atoms with Gasteiger partial charge >= 0.3 is 0 Å². The third-order valence-corrected chi connectivity index (χ3v) is 6.75. The van der Waals surface area contributed by atoms with Crippen molar-refractivity contribution < 1.29 is 9.84 Å². The molecule has 2 fully saturated rings. The van der Waals surface area contributed by atoms with Crippen LogP contribution in [0.15, 0.2) is 0 Å². The van der Waals surface area contributed by atoms with Gasteiger partial charge in [0.05, 0.1) is 18.8 Å². The number of nitrogens with zero attached hydrogens (tertiary/aromatic N) is 1. The summed E-state index contributed by atoms with van der Waals surface area (Å²) in [7, 11) is 2.20. The number of hydrogen-bond donors (Lipinski definition) is 1. The number of fused-ring (bicyclic) bond motifs is 2. The molecule has 2 rings (SSSR count). The van der Waals surface area contributed by atoms with E-state index in [9.17, 15) is 5.11 Å². The monoisotopic (exact) mass is 367 g/mol. The van der Waals surface area contributed by atoms with Crippen molar-refractivity contribution in [3.05, 3.63) is 0 Å². The van der Waals surface area contributed by atoms with Gasteiger partial charge in [0, 0.05) is 12.1 Å². The molecule has 0 aromatic carbocycles. The van der Waals surface area contributed by atoms with E-state index in [-0.39, 0.29) is 0 Å². The molecule has 0 aromatic heterocycles. The fourth-order valence-electron chi connectivity index (χ4n) is 4.92. The number of likely N-dealkylation sites (N-methyl/N-ethyl adjacent to an activating group) is 1. The Balaban J connectivity index is 1.41. The van der Waals surface area contributed by atoms with E-state index < -0.39 is 5.60 Å². The molecule has 2 atom stereocenters. The summed E-state index contributed by atoms with van der Waals surface area (Å²) in [6.45, 7) is 3.88. The van der Waals surface area contributed by atoms with Crippen molar-refractivity contribution in [2.75, 3.05) is 20.3 Å². The van der Waals surface area contributed by atoms with E-state index in [2.05, 4.69) is 18.9 Å². The number of piperidine rings is 1. The second-order valence-corrected chi connectivity index (χ2v) is 9.14. The summed E-state index contributed by atoms with van der Waals surface area (Å²) in [5.74, 6) is 0. The Morgan fingerprint density at radius 1 is 0.769 bits per heavy atom. The molecule has 3 heteroatoms. The first-order valence-corrected chi connectivity index (χ1v) is 11.7. The van der Waals surface area contributed by atoms with E-state index >= 15 is 0 Å². The highest BCUT2D eigenvalue weighted by Crippen LogP contribution is 2.36. The fourth-order valence-corrected chi connectivity index (χ4v) is 4.92. The Morgan fingerprint density at radius 2 is 1.19 bits per heavy atom. The van der Waals surface area contributed by atoms with Gasteiger partial charge in [-0.2, -0.15) is 0 Å². The van der Waals surface area contributed by atoms with E-state index in [0.717, 1.165) is 32.5 Å². The second-order valence-electron chi connectivity index (χ2n) is 9.14. The lowest BCUT2D eigenvalue weighted by molar-refractivity contribution is -0.137. The molecule has 3 nitrogen and oxygen atoms in total. The quantitative estimate of drug-likeness (QED) is 0.400. The molecule has 0 amide bonds. The molecule has 0 saturated carbocycles. The van der Waals surface area contributed by atoms with Crippen LogP contribution in [0.3, 0.4) is 0 Å². The molecule has 26 heavy (non-hydrogen) atoms. The first-order valence-electron chi connectivity index (χ1n) is 11.7. The average Bonchev–Trinajstić information content (AvgIpc) is 2.61. The molecule has 2 saturated heterocycles. The minimum Gasteiger partial charge on any atom is -0.390 e. The summed E-state index contributed by atoms with van der Waals surface area (Å²) >= 11 is 0. The highest BCUT2D eigenvalue weighted by molar-refractivity contribution is 4.97. The maximum Gasteiger partial charge on any atom is 0.0679 e. The van der Waals surface area contributed by atoms with Crippen LogP contribution in [0.1, 0.15) is 110 Å². The maximum atomic E-state index is 11.0. The lowest BCUT2D eigenvalue weighted by Crippen LogP contribution is -2.60. The van der Waals surface area contributed by atoms with Crippen LogP contribution in [-0.2, 0) is 4.74 Å². The molecule has 2 heterocycles. The van der Waals surface area contributed by atoms with Crippen molar-refractivity contribution in [3.63, 3.8) is 0 Å². The molecule has 0 radical (unpaired) electrons. The number of unbranched alkanes of at least 4 members (excludes halogenated alkanes) is 12. The molecule has 2 unspecified atom stereocenters. The zero-order valence-corrected chi connectivity index (χ0v) is 17.7. The molecule has 2 bridgehead atoms. The van der Waals surface area contributed by atoms with Crippen LogP contribution in [-0.4, -0.2) is 48.0 Å². The predicted molar refractivity (Wildman–Crippen MR) is 111 cm³/mol. The number of rotatable bonds is 14. The molecule has 0 spiro atoms. The van der Waals surface area contributed by atoms with Crippen LogP contribution in [0.5, 0.6) is 0 Å². The highest BCUT2D eigenvalue weighted by atomic mass is 16.5. The van der Waals surface area contributed by atoms with Gasteiger partial charge < -0.3 is 9.84 Å². The number of morpholine rings is 1. The second kappa shape index (κ2) is 12.4. The van der Waals surface area contributed by atoms with E-state index in [0.29, 0.717) is 12.1 Å². The zero-order chi connectivity index (χ0) is 18.7. The van der Waals surface area contributed by atoms with Gasteiger partial charge in [0.25, 0.3) is 0 Å². The van der Waals surface area contributed by atoms with E-state index in [4.69, 9.17) is 4.74 Å². The summed E-state index contributed by atoms with van der Waals surface area (Å²) in [4.78, 5) is 2.43. The van der Waals surface area contributed by atoms with Crippen LogP contribution in [0.2, 0.25) is 0 Å². The zero-order valence-electron chi connectivity index (χ0n) is 17.7. The Bertz CT molecular complexity index is 346. The van der Waals surface area contributed by atoms with Gasteiger partial charge in [-0.25, -0.2) is 0 Å². The van der Waals surface area contributed by atoms with Crippen LogP contribution in [0.25, 0.3) is 0 Å². The Morgan fingerprint density at radius 3 is 1.65 bits per heavy atom. The molecule has 0 aromatic rings. The summed E-state index contributed by atoms with van der Waals surface area (Å²) < 4.78 is 5.67. The first-order chi connectivity index (χ1) is 12.6. The molecular weight excluding hydrogens is 322 g/mol. The molecule has 2 aliphatic rings. The minimum atomic E-state index is -0.427. The number of ether oxygens (including phenoxy) is 1. The predicted octanol–water partition coefficient (Wildman–Crippen LogP) is 5.69. The number of aliphatic hydroxyl groups is 1. The van der Waals surface area contributed by atoms with Crippen molar-refractivity contribution in [1.82, 2.24) is 4.90 Å². The largest absolute Gasteiger partial charge is 0.390 e. The normalized spacial score (nSPS) is 29.2. The lowest BCUT2D eigenvalue weighted by atomic mass is 9.78. The Kier molecular flexibility index (Phi) is 10.5. The summed E-state index contributed by atoms with van der Waals surface area (Å²) in [5.41, 5.74) is -0.427.